The van der Waals surface area contributed by atoms with Crippen molar-refractivity contribution in [3.63, 3.8) is 0 Å². The fraction of sp³-hybridized carbons (Fsp3) is 1.00. The van der Waals surface area contributed by atoms with Gasteiger partial charge in [0.2, 0.25) is 0 Å². The molecule has 1 saturated heterocycles. The lowest BCUT2D eigenvalue weighted by atomic mass is 9.69. The van der Waals surface area contributed by atoms with Crippen LogP contribution in [0.25, 0.3) is 0 Å². The summed E-state index contributed by atoms with van der Waals surface area (Å²) in [7, 11) is 0. The van der Waals surface area contributed by atoms with Crippen LogP contribution in [0.4, 0.5) is 0 Å². The summed E-state index contributed by atoms with van der Waals surface area (Å²) in [6, 6.07) is 0. The third-order valence-electron chi connectivity index (χ3n) is 4.81. The third kappa shape index (κ3) is 3.25. The molecule has 3 heteroatoms. The predicted octanol–water partition coefficient (Wildman–Crippen LogP) is 2.28. The number of morpholine rings is 1. The molecule has 0 aromatic heterocycles. The Morgan fingerprint density at radius 1 is 1.39 bits per heavy atom. The molecule has 1 saturated carbocycles. The largest absolute Gasteiger partial charge is 0.392 e. The van der Waals surface area contributed by atoms with Crippen molar-refractivity contribution in [3.05, 3.63) is 0 Å². The summed E-state index contributed by atoms with van der Waals surface area (Å²) in [6.07, 6.45) is 4.94. The van der Waals surface area contributed by atoms with Crippen molar-refractivity contribution in [2.45, 2.75) is 58.7 Å². The quantitative estimate of drug-likeness (QED) is 0.840. The van der Waals surface area contributed by atoms with Crippen molar-refractivity contribution >= 4 is 0 Å². The standard InChI is InChI=1S/C15H29NO2/c1-4-13-11-16(8-9-18-13)10-12-6-5-7-15(2,3)14(12)17/h12-14,17H,4-11H2,1-3H3. The molecule has 1 N–H and O–H groups in total. The lowest BCUT2D eigenvalue weighted by Crippen LogP contribution is -2.49. The normalized spacial score (nSPS) is 37.7. The Labute approximate surface area is 112 Å². The van der Waals surface area contributed by atoms with Crippen molar-refractivity contribution < 1.29 is 9.84 Å². The molecular formula is C15H29NO2. The Hall–Kier alpha value is -0.120. The second-order valence-electron chi connectivity index (χ2n) is 6.75. The number of rotatable bonds is 3. The van der Waals surface area contributed by atoms with Crippen LogP contribution in [0.1, 0.15) is 46.5 Å². The molecule has 2 aliphatic rings. The van der Waals surface area contributed by atoms with Crippen LogP contribution < -0.4 is 0 Å². The van der Waals surface area contributed by atoms with Gasteiger partial charge in [-0.1, -0.05) is 27.2 Å². The van der Waals surface area contributed by atoms with Crippen molar-refractivity contribution in [2.75, 3.05) is 26.2 Å². The van der Waals surface area contributed by atoms with E-state index in [1.54, 1.807) is 0 Å². The number of nitrogens with zero attached hydrogens (tertiary/aromatic N) is 1. The first-order valence-electron chi connectivity index (χ1n) is 7.55. The summed E-state index contributed by atoms with van der Waals surface area (Å²) < 4.78 is 5.71. The van der Waals surface area contributed by atoms with E-state index in [-0.39, 0.29) is 11.5 Å². The zero-order valence-corrected chi connectivity index (χ0v) is 12.2. The maximum atomic E-state index is 10.5. The molecule has 0 spiro atoms. The van der Waals surface area contributed by atoms with Gasteiger partial charge in [0.15, 0.2) is 0 Å². The second kappa shape index (κ2) is 5.89. The molecular weight excluding hydrogens is 226 g/mol. The summed E-state index contributed by atoms with van der Waals surface area (Å²) >= 11 is 0. The molecule has 1 aliphatic heterocycles. The topological polar surface area (TPSA) is 32.7 Å². The van der Waals surface area contributed by atoms with Gasteiger partial charge in [0.1, 0.15) is 0 Å². The minimum absolute atomic E-state index is 0.0966. The average molecular weight is 255 g/mol. The minimum atomic E-state index is -0.144. The van der Waals surface area contributed by atoms with Crippen LogP contribution in [0.2, 0.25) is 0 Å². The van der Waals surface area contributed by atoms with E-state index in [1.165, 1.54) is 12.8 Å². The summed E-state index contributed by atoms with van der Waals surface area (Å²) in [4.78, 5) is 2.49. The van der Waals surface area contributed by atoms with Gasteiger partial charge in [0.25, 0.3) is 0 Å². The van der Waals surface area contributed by atoms with E-state index >= 15 is 0 Å². The molecule has 0 aromatic rings. The van der Waals surface area contributed by atoms with Crippen molar-refractivity contribution in [1.82, 2.24) is 4.90 Å². The Kier molecular flexibility index (Phi) is 4.68. The predicted molar refractivity (Wildman–Crippen MR) is 73.6 cm³/mol. The number of aliphatic hydroxyl groups excluding tert-OH is 1. The van der Waals surface area contributed by atoms with Gasteiger partial charge in [-0.2, -0.15) is 0 Å². The van der Waals surface area contributed by atoms with E-state index in [4.69, 9.17) is 4.74 Å². The zero-order chi connectivity index (χ0) is 13.2. The van der Waals surface area contributed by atoms with Gasteiger partial charge >= 0.3 is 0 Å². The van der Waals surface area contributed by atoms with Gasteiger partial charge in [0.05, 0.1) is 18.8 Å². The molecule has 18 heavy (non-hydrogen) atoms. The summed E-state index contributed by atoms with van der Waals surface area (Å²) in [6.45, 7) is 10.6. The molecule has 0 amide bonds. The van der Waals surface area contributed by atoms with Crippen molar-refractivity contribution in [3.8, 4) is 0 Å². The number of hydrogen-bond donors (Lipinski definition) is 1. The van der Waals surface area contributed by atoms with Gasteiger partial charge in [0, 0.05) is 19.6 Å². The lowest BCUT2D eigenvalue weighted by Gasteiger charge is -2.43. The lowest BCUT2D eigenvalue weighted by molar-refractivity contribution is -0.0702. The van der Waals surface area contributed by atoms with Crippen molar-refractivity contribution in [2.24, 2.45) is 11.3 Å². The molecule has 2 rings (SSSR count). The van der Waals surface area contributed by atoms with Gasteiger partial charge in [-0.25, -0.2) is 0 Å². The third-order valence-corrected chi connectivity index (χ3v) is 4.81. The van der Waals surface area contributed by atoms with E-state index in [0.29, 0.717) is 12.0 Å². The summed E-state index contributed by atoms with van der Waals surface area (Å²) in [5.74, 6) is 0.448. The van der Waals surface area contributed by atoms with E-state index in [2.05, 4.69) is 25.7 Å². The van der Waals surface area contributed by atoms with Crippen LogP contribution in [0.5, 0.6) is 0 Å². The number of ether oxygens (including phenoxy) is 1. The minimum Gasteiger partial charge on any atom is -0.392 e. The van der Waals surface area contributed by atoms with Crippen LogP contribution >= 0.6 is 0 Å². The Morgan fingerprint density at radius 2 is 2.17 bits per heavy atom. The zero-order valence-electron chi connectivity index (χ0n) is 12.2. The molecule has 0 aromatic carbocycles. The first kappa shape index (κ1) is 14.3. The molecule has 3 unspecified atom stereocenters. The van der Waals surface area contributed by atoms with Crippen LogP contribution in [0.3, 0.4) is 0 Å². The average Bonchev–Trinajstić information content (AvgIpc) is 2.35. The number of aliphatic hydroxyl groups is 1. The fourth-order valence-electron chi connectivity index (χ4n) is 3.48. The summed E-state index contributed by atoms with van der Waals surface area (Å²) in [5, 5.41) is 10.5. The summed E-state index contributed by atoms with van der Waals surface area (Å²) in [5.41, 5.74) is 0.0966. The Balaban J connectivity index is 1.88. The van der Waals surface area contributed by atoms with Gasteiger partial charge < -0.3 is 9.84 Å². The van der Waals surface area contributed by atoms with Gasteiger partial charge in [-0.15, -0.1) is 0 Å². The van der Waals surface area contributed by atoms with E-state index in [9.17, 15) is 5.11 Å². The van der Waals surface area contributed by atoms with Crippen molar-refractivity contribution in [1.29, 1.82) is 0 Å². The first-order valence-corrected chi connectivity index (χ1v) is 7.55. The monoisotopic (exact) mass is 255 g/mol. The highest BCUT2D eigenvalue weighted by Gasteiger charge is 2.38. The van der Waals surface area contributed by atoms with E-state index in [1.807, 2.05) is 0 Å². The molecule has 2 fully saturated rings. The molecule has 0 bridgehead atoms. The first-order chi connectivity index (χ1) is 8.53. The molecule has 1 heterocycles. The molecule has 106 valence electrons. The second-order valence-corrected chi connectivity index (χ2v) is 6.75. The molecule has 3 nitrogen and oxygen atoms in total. The fourth-order valence-corrected chi connectivity index (χ4v) is 3.48. The SMILES string of the molecule is CCC1CN(CC2CCCC(C)(C)C2O)CCO1. The molecule has 0 radical (unpaired) electrons. The number of hydrogen-bond acceptors (Lipinski definition) is 3. The Morgan fingerprint density at radius 3 is 2.89 bits per heavy atom. The van der Waals surface area contributed by atoms with E-state index in [0.717, 1.165) is 39.1 Å². The maximum Gasteiger partial charge on any atom is 0.0700 e. The van der Waals surface area contributed by atoms with Crippen LogP contribution in [-0.4, -0.2) is 48.5 Å². The van der Waals surface area contributed by atoms with Gasteiger partial charge in [-0.3, -0.25) is 4.90 Å². The van der Waals surface area contributed by atoms with Gasteiger partial charge in [-0.05, 0) is 30.6 Å². The van der Waals surface area contributed by atoms with E-state index < -0.39 is 0 Å². The maximum absolute atomic E-state index is 10.5. The van der Waals surface area contributed by atoms with Crippen LogP contribution in [0.15, 0.2) is 0 Å². The highest BCUT2D eigenvalue weighted by atomic mass is 16.5. The smallest absolute Gasteiger partial charge is 0.0700 e. The molecule has 1 aliphatic carbocycles. The highest BCUT2D eigenvalue weighted by molar-refractivity contribution is 4.90. The Bertz CT molecular complexity index is 267. The molecule has 3 atom stereocenters. The highest BCUT2D eigenvalue weighted by Crippen LogP contribution is 2.39. The van der Waals surface area contributed by atoms with Crippen LogP contribution in [0, 0.1) is 11.3 Å². The van der Waals surface area contributed by atoms with Crippen LogP contribution in [-0.2, 0) is 4.74 Å².